The largest absolute Gasteiger partial charge is 0.338 e. The van der Waals surface area contributed by atoms with Crippen LogP contribution in [0.2, 0.25) is 0 Å². The molecule has 0 unspecified atom stereocenters. The van der Waals surface area contributed by atoms with Gasteiger partial charge in [0.25, 0.3) is 0 Å². The van der Waals surface area contributed by atoms with E-state index >= 15 is 0 Å². The van der Waals surface area contributed by atoms with Crippen LogP contribution >= 0.6 is 0 Å². The third-order valence-electron chi connectivity index (χ3n) is 2.55. The zero-order valence-electron chi connectivity index (χ0n) is 10.00. The third kappa shape index (κ3) is 2.88. The minimum Gasteiger partial charge on any atom is -0.338 e. The summed E-state index contributed by atoms with van der Waals surface area (Å²) in [6.45, 7) is 4.04. The van der Waals surface area contributed by atoms with Gasteiger partial charge in [-0.05, 0) is 18.1 Å². The number of nitrogens with two attached hydrogens (primary N) is 1. The molecule has 2 aromatic heterocycles. The summed E-state index contributed by atoms with van der Waals surface area (Å²) in [6, 6.07) is 5.53. The van der Waals surface area contributed by atoms with E-state index in [1.807, 2.05) is 32.0 Å². The molecule has 0 amide bonds. The molecule has 0 aliphatic heterocycles. The fourth-order valence-corrected chi connectivity index (χ4v) is 1.42. The Balaban J connectivity index is 2.09. The molecule has 0 bridgehead atoms. The summed E-state index contributed by atoms with van der Waals surface area (Å²) in [4.78, 5) is 8.49. The lowest BCUT2D eigenvalue weighted by molar-refractivity contribution is 0.322. The highest BCUT2D eigenvalue weighted by Gasteiger charge is 2.18. The molecule has 2 rings (SSSR count). The van der Waals surface area contributed by atoms with Crippen LogP contribution in [-0.2, 0) is 6.42 Å². The van der Waals surface area contributed by atoms with Crippen molar-refractivity contribution in [1.29, 1.82) is 0 Å². The first kappa shape index (κ1) is 11.7. The monoisotopic (exact) mass is 232 g/mol. The first-order valence-corrected chi connectivity index (χ1v) is 5.65. The maximum atomic E-state index is 5.93. The molecule has 0 saturated heterocycles. The zero-order valence-corrected chi connectivity index (χ0v) is 10.00. The molecule has 5 nitrogen and oxygen atoms in total. The fourth-order valence-electron chi connectivity index (χ4n) is 1.42. The van der Waals surface area contributed by atoms with Gasteiger partial charge in [-0.2, -0.15) is 4.98 Å². The quantitative estimate of drug-likeness (QED) is 0.868. The van der Waals surface area contributed by atoms with Crippen LogP contribution in [0, 0.1) is 5.92 Å². The molecule has 0 aromatic carbocycles. The normalized spacial score (nSPS) is 12.9. The second kappa shape index (κ2) is 5.05. The van der Waals surface area contributed by atoms with Crippen LogP contribution in [0.15, 0.2) is 28.9 Å². The van der Waals surface area contributed by atoms with Crippen molar-refractivity contribution < 1.29 is 4.52 Å². The Morgan fingerprint density at radius 1 is 1.35 bits per heavy atom. The van der Waals surface area contributed by atoms with Gasteiger partial charge in [-0.15, -0.1) is 0 Å². The van der Waals surface area contributed by atoms with Gasteiger partial charge < -0.3 is 10.3 Å². The Morgan fingerprint density at radius 3 is 2.82 bits per heavy atom. The average Bonchev–Trinajstić information content (AvgIpc) is 2.77. The second-order valence-corrected chi connectivity index (χ2v) is 4.32. The number of pyridine rings is 1. The van der Waals surface area contributed by atoms with Gasteiger partial charge in [-0.25, -0.2) is 0 Å². The molecule has 2 aromatic rings. The number of rotatable bonds is 4. The summed E-state index contributed by atoms with van der Waals surface area (Å²) in [5.41, 5.74) is 6.85. The molecule has 2 heterocycles. The Labute approximate surface area is 100 Å². The maximum Gasteiger partial charge on any atom is 0.243 e. The van der Waals surface area contributed by atoms with Crippen molar-refractivity contribution in [2.45, 2.75) is 26.3 Å². The van der Waals surface area contributed by atoms with Crippen LogP contribution < -0.4 is 5.73 Å². The van der Waals surface area contributed by atoms with Crippen molar-refractivity contribution in [3.63, 3.8) is 0 Å². The van der Waals surface area contributed by atoms with Crippen molar-refractivity contribution in [1.82, 2.24) is 15.1 Å². The standard InChI is InChI=1S/C12H16N4O/c1-8(2)11(13)12-15-10(16-17-12)7-9-5-3-4-6-14-9/h3-6,8,11H,7,13H2,1-2H3/t11-/m0/s1. The van der Waals surface area contributed by atoms with E-state index in [0.717, 1.165) is 5.69 Å². The molecule has 90 valence electrons. The van der Waals surface area contributed by atoms with E-state index in [0.29, 0.717) is 18.1 Å². The van der Waals surface area contributed by atoms with E-state index in [1.54, 1.807) is 6.20 Å². The van der Waals surface area contributed by atoms with Crippen LogP contribution in [0.25, 0.3) is 0 Å². The van der Waals surface area contributed by atoms with Gasteiger partial charge in [0.05, 0.1) is 12.5 Å². The molecule has 0 spiro atoms. The zero-order chi connectivity index (χ0) is 12.3. The van der Waals surface area contributed by atoms with E-state index in [9.17, 15) is 0 Å². The van der Waals surface area contributed by atoms with E-state index < -0.39 is 0 Å². The molecule has 1 atom stereocenters. The van der Waals surface area contributed by atoms with E-state index in [2.05, 4.69) is 15.1 Å². The molecular formula is C12H16N4O. The van der Waals surface area contributed by atoms with E-state index in [4.69, 9.17) is 10.3 Å². The van der Waals surface area contributed by atoms with Gasteiger partial charge in [0, 0.05) is 11.9 Å². The molecule has 0 fully saturated rings. The predicted octanol–water partition coefficient (Wildman–Crippen LogP) is 1.71. The van der Waals surface area contributed by atoms with Crippen LogP contribution in [-0.4, -0.2) is 15.1 Å². The minimum atomic E-state index is -0.208. The van der Waals surface area contributed by atoms with Gasteiger partial charge in [-0.3, -0.25) is 4.98 Å². The molecule has 17 heavy (non-hydrogen) atoms. The Hall–Kier alpha value is -1.75. The second-order valence-electron chi connectivity index (χ2n) is 4.32. The number of nitrogens with zero attached hydrogens (tertiary/aromatic N) is 3. The summed E-state index contributed by atoms with van der Waals surface area (Å²) in [6.07, 6.45) is 2.31. The average molecular weight is 232 g/mol. The van der Waals surface area contributed by atoms with Crippen LogP contribution in [0.4, 0.5) is 0 Å². The molecule has 0 saturated carbocycles. The molecule has 5 heteroatoms. The first-order chi connectivity index (χ1) is 8.16. The number of hydrogen-bond donors (Lipinski definition) is 1. The Morgan fingerprint density at radius 2 is 2.18 bits per heavy atom. The molecular weight excluding hydrogens is 216 g/mol. The fraction of sp³-hybridized carbons (Fsp3) is 0.417. The van der Waals surface area contributed by atoms with Crippen LogP contribution in [0.1, 0.15) is 37.3 Å². The molecule has 2 N–H and O–H groups in total. The highest BCUT2D eigenvalue weighted by Crippen LogP contribution is 2.17. The Kier molecular flexibility index (Phi) is 3.49. The summed E-state index contributed by atoms with van der Waals surface area (Å²) in [5.74, 6) is 1.39. The lowest BCUT2D eigenvalue weighted by atomic mass is 10.1. The summed E-state index contributed by atoms with van der Waals surface area (Å²) in [5, 5.41) is 3.91. The Bertz CT molecular complexity index is 466. The summed E-state index contributed by atoms with van der Waals surface area (Å²) in [7, 11) is 0. The van der Waals surface area contributed by atoms with Crippen molar-refractivity contribution in [3.05, 3.63) is 41.8 Å². The highest BCUT2D eigenvalue weighted by molar-refractivity contribution is 5.09. The topological polar surface area (TPSA) is 77.8 Å². The van der Waals surface area contributed by atoms with Gasteiger partial charge in [0.1, 0.15) is 0 Å². The van der Waals surface area contributed by atoms with Crippen molar-refractivity contribution in [2.24, 2.45) is 11.7 Å². The lowest BCUT2D eigenvalue weighted by Gasteiger charge is -2.09. The van der Waals surface area contributed by atoms with Gasteiger partial charge in [0.15, 0.2) is 5.82 Å². The lowest BCUT2D eigenvalue weighted by Crippen LogP contribution is -2.17. The maximum absolute atomic E-state index is 5.93. The van der Waals surface area contributed by atoms with Gasteiger partial charge in [-0.1, -0.05) is 25.1 Å². The predicted molar refractivity (Wildman–Crippen MR) is 63.1 cm³/mol. The smallest absolute Gasteiger partial charge is 0.243 e. The van der Waals surface area contributed by atoms with Crippen LogP contribution in [0.3, 0.4) is 0 Å². The van der Waals surface area contributed by atoms with Crippen molar-refractivity contribution >= 4 is 0 Å². The van der Waals surface area contributed by atoms with Crippen molar-refractivity contribution in [2.75, 3.05) is 0 Å². The van der Waals surface area contributed by atoms with Crippen molar-refractivity contribution in [3.8, 4) is 0 Å². The van der Waals surface area contributed by atoms with Gasteiger partial charge in [0.2, 0.25) is 5.89 Å². The SMILES string of the molecule is CC(C)[C@H](N)c1nc(Cc2ccccn2)no1. The van der Waals surface area contributed by atoms with Crippen LogP contribution in [0.5, 0.6) is 0 Å². The summed E-state index contributed by atoms with van der Waals surface area (Å²) >= 11 is 0. The highest BCUT2D eigenvalue weighted by atomic mass is 16.5. The van der Waals surface area contributed by atoms with Gasteiger partial charge >= 0.3 is 0 Å². The third-order valence-corrected chi connectivity index (χ3v) is 2.55. The first-order valence-electron chi connectivity index (χ1n) is 5.65. The minimum absolute atomic E-state index is 0.208. The van der Waals surface area contributed by atoms with E-state index in [1.165, 1.54) is 0 Å². The molecule has 0 aliphatic carbocycles. The number of hydrogen-bond acceptors (Lipinski definition) is 5. The molecule has 0 aliphatic rings. The van der Waals surface area contributed by atoms with E-state index in [-0.39, 0.29) is 12.0 Å². The molecule has 0 radical (unpaired) electrons. The summed E-state index contributed by atoms with van der Waals surface area (Å²) < 4.78 is 5.15. The number of aromatic nitrogens is 3.